The lowest BCUT2D eigenvalue weighted by molar-refractivity contribution is 0.0252. The number of nitrogen functional groups attached to an aromatic ring is 1. The summed E-state index contributed by atoms with van der Waals surface area (Å²) in [7, 11) is 0. The molecule has 166 valence electrons. The Bertz CT molecular complexity index is 913. The third-order valence-corrected chi connectivity index (χ3v) is 7.21. The number of aromatic nitrogens is 2. The van der Waals surface area contributed by atoms with Crippen molar-refractivity contribution in [3.05, 3.63) is 47.5 Å². The van der Waals surface area contributed by atoms with E-state index in [1.165, 1.54) is 19.3 Å². The smallest absolute Gasteiger partial charge is 0.276 e. The van der Waals surface area contributed by atoms with Crippen molar-refractivity contribution in [3.8, 4) is 0 Å². The number of nitrogens with two attached hydrogens (primary N) is 1. The quantitative estimate of drug-likeness (QED) is 0.652. The number of aliphatic hydroxyl groups is 1. The normalized spacial score (nSPS) is 27.1. The Morgan fingerprint density at radius 3 is 2.48 bits per heavy atom. The van der Waals surface area contributed by atoms with Gasteiger partial charge in [-0.1, -0.05) is 33.1 Å². The number of aliphatic hydroxyl groups excluding tert-OH is 1. The third-order valence-electron chi connectivity index (χ3n) is 7.21. The zero-order chi connectivity index (χ0) is 22.0. The van der Waals surface area contributed by atoms with Crippen molar-refractivity contribution in [2.45, 2.75) is 76.7 Å². The van der Waals surface area contributed by atoms with Crippen LogP contribution in [-0.2, 0) is 0 Å². The second kappa shape index (κ2) is 9.35. The lowest BCUT2D eigenvalue weighted by Gasteiger charge is -2.36. The molecule has 6 heteroatoms. The van der Waals surface area contributed by atoms with E-state index in [-0.39, 0.29) is 29.8 Å². The van der Waals surface area contributed by atoms with Gasteiger partial charge < -0.3 is 16.2 Å². The first kappa shape index (κ1) is 21.8. The Kier molecular flexibility index (Phi) is 6.56. The number of hydrogen-bond donors (Lipinski definition) is 3. The van der Waals surface area contributed by atoms with Crippen molar-refractivity contribution < 1.29 is 9.90 Å². The van der Waals surface area contributed by atoms with Crippen LogP contribution in [0.25, 0.3) is 0 Å². The molecule has 2 heterocycles. The van der Waals surface area contributed by atoms with Crippen LogP contribution in [0.2, 0.25) is 0 Å². The number of carbonyl (C=O) groups is 1. The summed E-state index contributed by atoms with van der Waals surface area (Å²) in [6.07, 6.45) is 10.9. The maximum absolute atomic E-state index is 13.2. The minimum absolute atomic E-state index is 0.218. The van der Waals surface area contributed by atoms with E-state index in [9.17, 15) is 9.90 Å². The molecule has 4 N–H and O–H groups in total. The highest BCUT2D eigenvalue weighted by molar-refractivity contribution is 6.06. The minimum atomic E-state index is -0.290. The molecule has 31 heavy (non-hydrogen) atoms. The number of pyridine rings is 2. The number of rotatable bonds is 4. The summed E-state index contributed by atoms with van der Waals surface area (Å²) in [5.74, 6) is 0.823. The average molecular weight is 423 g/mol. The lowest BCUT2D eigenvalue weighted by atomic mass is 9.72. The van der Waals surface area contributed by atoms with Crippen molar-refractivity contribution in [2.24, 2.45) is 11.8 Å². The second-order valence-electron chi connectivity index (χ2n) is 9.54. The summed E-state index contributed by atoms with van der Waals surface area (Å²) in [4.78, 5) is 22.1. The Labute approximate surface area is 184 Å². The largest absolute Gasteiger partial charge is 0.397 e. The number of nitrogens with zero attached hydrogens (tertiary/aromatic N) is 2. The molecule has 2 aromatic heterocycles. The van der Waals surface area contributed by atoms with E-state index in [2.05, 4.69) is 29.1 Å². The molecule has 2 saturated carbocycles. The summed E-state index contributed by atoms with van der Waals surface area (Å²) >= 11 is 0. The molecule has 2 fully saturated rings. The molecule has 0 saturated heterocycles. The highest BCUT2D eigenvalue weighted by Crippen LogP contribution is 2.41. The Balaban J connectivity index is 1.56. The fourth-order valence-corrected chi connectivity index (χ4v) is 5.43. The van der Waals surface area contributed by atoms with Gasteiger partial charge in [0.2, 0.25) is 0 Å². The maximum Gasteiger partial charge on any atom is 0.276 e. The van der Waals surface area contributed by atoms with E-state index in [0.717, 1.165) is 36.9 Å². The van der Waals surface area contributed by atoms with Crippen LogP contribution in [0.1, 0.15) is 92.4 Å². The van der Waals surface area contributed by atoms with Gasteiger partial charge >= 0.3 is 0 Å². The van der Waals surface area contributed by atoms with Crippen LogP contribution in [0.3, 0.4) is 0 Å². The SMILES string of the molecule is C[C@@H]1C[C@H](c2ccncc2NC(=O)c2nc(C3CCCCC3)ccc2N)C[C@H](C)[C@H]1O. The molecule has 0 aliphatic heterocycles. The van der Waals surface area contributed by atoms with Gasteiger partial charge in [-0.25, -0.2) is 4.98 Å². The summed E-state index contributed by atoms with van der Waals surface area (Å²) in [6, 6.07) is 5.75. The van der Waals surface area contributed by atoms with Crippen LogP contribution < -0.4 is 11.1 Å². The minimum Gasteiger partial charge on any atom is -0.397 e. The van der Waals surface area contributed by atoms with E-state index in [0.29, 0.717) is 23.0 Å². The molecule has 0 spiro atoms. The first-order valence-corrected chi connectivity index (χ1v) is 11.6. The summed E-state index contributed by atoms with van der Waals surface area (Å²) in [6.45, 7) is 4.18. The van der Waals surface area contributed by atoms with Crippen molar-refractivity contribution in [3.63, 3.8) is 0 Å². The van der Waals surface area contributed by atoms with Gasteiger partial charge in [0.25, 0.3) is 5.91 Å². The van der Waals surface area contributed by atoms with Crippen LogP contribution in [-0.4, -0.2) is 27.1 Å². The van der Waals surface area contributed by atoms with Gasteiger partial charge in [0.15, 0.2) is 5.69 Å². The monoisotopic (exact) mass is 422 g/mol. The van der Waals surface area contributed by atoms with Crippen LogP contribution in [0.15, 0.2) is 30.6 Å². The van der Waals surface area contributed by atoms with E-state index in [1.54, 1.807) is 12.4 Å². The van der Waals surface area contributed by atoms with E-state index < -0.39 is 0 Å². The van der Waals surface area contributed by atoms with Crippen molar-refractivity contribution >= 4 is 17.3 Å². The van der Waals surface area contributed by atoms with E-state index in [4.69, 9.17) is 5.73 Å². The number of amides is 1. The lowest BCUT2D eigenvalue weighted by Crippen LogP contribution is -2.33. The van der Waals surface area contributed by atoms with Crippen LogP contribution in [0.5, 0.6) is 0 Å². The standard InChI is InChI=1S/C25H34N4O2/c1-15-12-18(13-16(2)24(15)30)19-10-11-27-14-22(19)29-25(31)23-20(26)8-9-21(28-23)17-6-4-3-5-7-17/h8-11,14-18,24,30H,3-7,12-13,26H2,1-2H3,(H,29,31)/t15-,16+,18+,24+. The topological polar surface area (TPSA) is 101 Å². The molecule has 6 nitrogen and oxygen atoms in total. The highest BCUT2D eigenvalue weighted by atomic mass is 16.3. The van der Waals surface area contributed by atoms with Gasteiger partial charge in [0.05, 0.1) is 23.7 Å². The molecule has 2 aromatic rings. The summed E-state index contributed by atoms with van der Waals surface area (Å²) < 4.78 is 0. The molecular formula is C25H34N4O2. The first-order chi connectivity index (χ1) is 14.9. The molecule has 1 amide bonds. The highest BCUT2D eigenvalue weighted by Gasteiger charge is 2.33. The van der Waals surface area contributed by atoms with E-state index >= 15 is 0 Å². The van der Waals surface area contributed by atoms with Crippen LogP contribution in [0, 0.1) is 11.8 Å². The van der Waals surface area contributed by atoms with Crippen LogP contribution in [0.4, 0.5) is 11.4 Å². The number of hydrogen-bond acceptors (Lipinski definition) is 5. The average Bonchev–Trinajstić information content (AvgIpc) is 2.78. The molecule has 2 aliphatic rings. The predicted octanol–water partition coefficient (Wildman–Crippen LogP) is 4.87. The molecule has 0 unspecified atom stereocenters. The molecule has 4 atom stereocenters. The van der Waals surface area contributed by atoms with Gasteiger partial charge in [-0.15, -0.1) is 0 Å². The van der Waals surface area contributed by atoms with Gasteiger partial charge in [-0.05, 0) is 67.2 Å². The number of anilines is 2. The zero-order valence-corrected chi connectivity index (χ0v) is 18.6. The third kappa shape index (κ3) is 4.74. The number of nitrogens with one attached hydrogen (secondary N) is 1. The van der Waals surface area contributed by atoms with Crippen molar-refractivity contribution in [1.82, 2.24) is 9.97 Å². The fraction of sp³-hybridized carbons (Fsp3) is 0.560. The van der Waals surface area contributed by atoms with E-state index in [1.807, 2.05) is 18.2 Å². The predicted molar refractivity (Wildman–Crippen MR) is 123 cm³/mol. The van der Waals surface area contributed by atoms with Gasteiger partial charge in [-0.3, -0.25) is 9.78 Å². The second-order valence-corrected chi connectivity index (χ2v) is 9.54. The Morgan fingerprint density at radius 2 is 1.77 bits per heavy atom. The Hall–Kier alpha value is -2.47. The van der Waals surface area contributed by atoms with Gasteiger partial charge in [0.1, 0.15) is 0 Å². The molecule has 0 radical (unpaired) electrons. The van der Waals surface area contributed by atoms with Crippen molar-refractivity contribution in [1.29, 1.82) is 0 Å². The Morgan fingerprint density at radius 1 is 1.06 bits per heavy atom. The van der Waals surface area contributed by atoms with Gasteiger partial charge in [0, 0.05) is 17.8 Å². The summed E-state index contributed by atoms with van der Waals surface area (Å²) in [5.41, 5.74) is 9.56. The van der Waals surface area contributed by atoms with Crippen LogP contribution >= 0.6 is 0 Å². The molecule has 2 aliphatic carbocycles. The molecule has 0 bridgehead atoms. The van der Waals surface area contributed by atoms with Gasteiger partial charge in [-0.2, -0.15) is 0 Å². The summed E-state index contributed by atoms with van der Waals surface area (Å²) in [5, 5.41) is 13.4. The fourth-order valence-electron chi connectivity index (χ4n) is 5.43. The van der Waals surface area contributed by atoms with Crippen molar-refractivity contribution in [2.75, 3.05) is 11.1 Å². The molecular weight excluding hydrogens is 388 g/mol. The number of carbonyl (C=O) groups excluding carboxylic acids is 1. The molecule has 4 rings (SSSR count). The maximum atomic E-state index is 13.2. The first-order valence-electron chi connectivity index (χ1n) is 11.6. The molecule has 0 aromatic carbocycles. The zero-order valence-electron chi connectivity index (χ0n) is 18.6.